The summed E-state index contributed by atoms with van der Waals surface area (Å²) < 4.78 is 7.49. The number of nitrogens with zero attached hydrogens (tertiary/aromatic N) is 4. The number of anilines is 1. The van der Waals surface area contributed by atoms with Crippen molar-refractivity contribution in [2.24, 2.45) is 0 Å². The molecule has 0 radical (unpaired) electrons. The van der Waals surface area contributed by atoms with Crippen LogP contribution in [0.2, 0.25) is 0 Å². The Balaban J connectivity index is 1.27. The number of benzene rings is 2. The summed E-state index contributed by atoms with van der Waals surface area (Å²) in [4.78, 5) is 27.2. The Morgan fingerprint density at radius 2 is 1.80 bits per heavy atom. The van der Waals surface area contributed by atoms with Crippen molar-refractivity contribution in [2.45, 2.75) is 24.5 Å². The third kappa shape index (κ3) is 5.46. The van der Waals surface area contributed by atoms with E-state index in [1.165, 1.54) is 11.8 Å². The minimum absolute atomic E-state index is 0.00689. The van der Waals surface area contributed by atoms with E-state index in [1.54, 1.807) is 36.6 Å². The average molecular weight is 488 g/mol. The number of rotatable bonds is 8. The lowest BCUT2D eigenvalue weighted by molar-refractivity contribution is -0.113. The smallest absolute Gasteiger partial charge is 0.253 e. The fraction of sp³-hybridized carbons (Fsp3) is 0.231. The van der Waals surface area contributed by atoms with E-state index in [9.17, 15) is 9.59 Å². The Bertz CT molecular complexity index is 1300. The second kappa shape index (κ2) is 10.6. The largest absolute Gasteiger partial charge is 0.461 e. The first-order chi connectivity index (χ1) is 17.2. The molecule has 0 unspecified atom stereocenters. The molecular formula is C26H25N5O3S. The van der Waals surface area contributed by atoms with E-state index in [4.69, 9.17) is 4.42 Å². The summed E-state index contributed by atoms with van der Waals surface area (Å²) in [6.07, 6.45) is 3.67. The van der Waals surface area contributed by atoms with Crippen LogP contribution in [0.3, 0.4) is 0 Å². The topological polar surface area (TPSA) is 93.3 Å². The summed E-state index contributed by atoms with van der Waals surface area (Å²) in [5, 5.41) is 12.1. The van der Waals surface area contributed by atoms with Crippen molar-refractivity contribution in [3.05, 3.63) is 84.1 Å². The molecule has 5 rings (SSSR count). The van der Waals surface area contributed by atoms with Gasteiger partial charge in [0, 0.05) is 24.3 Å². The van der Waals surface area contributed by atoms with Crippen LogP contribution >= 0.6 is 11.8 Å². The fourth-order valence-electron chi connectivity index (χ4n) is 4.05. The number of aromatic nitrogens is 3. The van der Waals surface area contributed by atoms with E-state index >= 15 is 0 Å². The lowest BCUT2D eigenvalue weighted by Gasteiger charge is -2.15. The zero-order chi connectivity index (χ0) is 24.0. The molecule has 35 heavy (non-hydrogen) atoms. The second-order valence-corrected chi connectivity index (χ2v) is 9.21. The quantitative estimate of drug-likeness (QED) is 0.367. The molecule has 1 aliphatic heterocycles. The van der Waals surface area contributed by atoms with Crippen LogP contribution in [0, 0.1) is 0 Å². The standard InChI is InChI=1S/C26H25N5O3S/c32-23(27-21-11-6-10-20(16-21)25(33)30-13-4-5-14-30)18-35-26-29-28-24(22-12-7-15-34-22)31(26)17-19-8-2-1-3-9-19/h1-3,6-12,15-16H,4-5,13-14,17-18H2,(H,27,32). The van der Waals surface area contributed by atoms with Gasteiger partial charge in [0.05, 0.1) is 18.6 Å². The van der Waals surface area contributed by atoms with Crippen LogP contribution in [0.15, 0.2) is 82.6 Å². The molecular weight excluding hydrogens is 462 g/mol. The van der Waals surface area contributed by atoms with Gasteiger partial charge in [-0.3, -0.25) is 14.2 Å². The molecule has 0 saturated carbocycles. The van der Waals surface area contributed by atoms with Crippen molar-refractivity contribution in [3.8, 4) is 11.6 Å². The van der Waals surface area contributed by atoms with Crippen LogP contribution in [-0.4, -0.2) is 50.3 Å². The molecule has 1 aliphatic rings. The van der Waals surface area contributed by atoms with Crippen molar-refractivity contribution in [1.29, 1.82) is 0 Å². The maximum atomic E-state index is 12.7. The van der Waals surface area contributed by atoms with Gasteiger partial charge in [-0.05, 0) is 48.7 Å². The fourth-order valence-corrected chi connectivity index (χ4v) is 4.79. The van der Waals surface area contributed by atoms with Gasteiger partial charge in [-0.1, -0.05) is 48.2 Å². The SMILES string of the molecule is O=C(CSc1nnc(-c2ccco2)n1Cc1ccccc1)Nc1cccc(C(=O)N2CCCC2)c1. The molecule has 0 bridgehead atoms. The van der Waals surface area contributed by atoms with Crippen molar-refractivity contribution < 1.29 is 14.0 Å². The van der Waals surface area contributed by atoms with Gasteiger partial charge in [-0.15, -0.1) is 10.2 Å². The zero-order valence-electron chi connectivity index (χ0n) is 19.1. The lowest BCUT2D eigenvalue weighted by Crippen LogP contribution is -2.27. The maximum Gasteiger partial charge on any atom is 0.253 e. The van der Waals surface area contributed by atoms with Gasteiger partial charge >= 0.3 is 0 Å². The molecule has 9 heteroatoms. The Labute approximate surface area is 207 Å². The maximum absolute atomic E-state index is 12.7. The molecule has 2 aromatic carbocycles. The van der Waals surface area contributed by atoms with Crippen LogP contribution in [0.4, 0.5) is 5.69 Å². The van der Waals surface area contributed by atoms with E-state index in [0.717, 1.165) is 31.5 Å². The molecule has 1 fully saturated rings. The Kier molecular flexibility index (Phi) is 6.94. The molecule has 3 heterocycles. The first-order valence-corrected chi connectivity index (χ1v) is 12.5. The van der Waals surface area contributed by atoms with Crippen molar-refractivity contribution in [1.82, 2.24) is 19.7 Å². The van der Waals surface area contributed by atoms with E-state index in [1.807, 2.05) is 45.9 Å². The predicted octanol–water partition coefficient (Wildman–Crippen LogP) is 4.55. The van der Waals surface area contributed by atoms with Gasteiger partial charge in [0.2, 0.25) is 11.7 Å². The molecule has 2 aromatic heterocycles. The number of amides is 2. The number of nitrogens with one attached hydrogen (secondary N) is 1. The highest BCUT2D eigenvalue weighted by Crippen LogP contribution is 2.26. The minimum Gasteiger partial charge on any atom is -0.461 e. The average Bonchev–Trinajstić information content (AvgIpc) is 3.66. The number of hydrogen-bond acceptors (Lipinski definition) is 6. The van der Waals surface area contributed by atoms with E-state index in [2.05, 4.69) is 15.5 Å². The summed E-state index contributed by atoms with van der Waals surface area (Å²) in [6, 6.07) is 20.7. The van der Waals surface area contributed by atoms with Gasteiger partial charge in [0.15, 0.2) is 10.9 Å². The molecule has 0 spiro atoms. The van der Waals surface area contributed by atoms with Crippen LogP contribution in [0.5, 0.6) is 0 Å². The van der Waals surface area contributed by atoms with E-state index in [-0.39, 0.29) is 17.6 Å². The van der Waals surface area contributed by atoms with Crippen molar-refractivity contribution in [3.63, 3.8) is 0 Å². The van der Waals surface area contributed by atoms with Crippen LogP contribution in [-0.2, 0) is 11.3 Å². The number of thioether (sulfide) groups is 1. The summed E-state index contributed by atoms with van der Waals surface area (Å²) in [5.41, 5.74) is 2.27. The second-order valence-electron chi connectivity index (χ2n) is 8.27. The number of carbonyl (C=O) groups is 2. The third-order valence-electron chi connectivity index (χ3n) is 5.76. The lowest BCUT2D eigenvalue weighted by atomic mass is 10.1. The zero-order valence-corrected chi connectivity index (χ0v) is 19.9. The minimum atomic E-state index is -0.186. The Morgan fingerprint density at radius 1 is 0.971 bits per heavy atom. The molecule has 1 saturated heterocycles. The Morgan fingerprint density at radius 3 is 2.57 bits per heavy atom. The molecule has 8 nitrogen and oxygen atoms in total. The first-order valence-electron chi connectivity index (χ1n) is 11.5. The third-order valence-corrected chi connectivity index (χ3v) is 6.73. The van der Waals surface area contributed by atoms with E-state index in [0.29, 0.717) is 34.5 Å². The summed E-state index contributed by atoms with van der Waals surface area (Å²) in [6.45, 7) is 2.12. The number of carbonyl (C=O) groups excluding carboxylic acids is 2. The van der Waals surface area contributed by atoms with Crippen LogP contribution in [0.1, 0.15) is 28.8 Å². The number of likely N-dealkylation sites (tertiary alicyclic amines) is 1. The van der Waals surface area contributed by atoms with Gasteiger partial charge in [-0.25, -0.2) is 0 Å². The highest BCUT2D eigenvalue weighted by molar-refractivity contribution is 7.99. The summed E-state index contributed by atoms with van der Waals surface area (Å²) in [7, 11) is 0. The van der Waals surface area contributed by atoms with Gasteiger partial charge in [0.1, 0.15) is 0 Å². The number of furan rings is 1. The van der Waals surface area contributed by atoms with Crippen molar-refractivity contribution in [2.75, 3.05) is 24.2 Å². The van der Waals surface area contributed by atoms with Gasteiger partial charge in [0.25, 0.3) is 5.91 Å². The highest BCUT2D eigenvalue weighted by atomic mass is 32.2. The predicted molar refractivity (Wildman–Crippen MR) is 134 cm³/mol. The summed E-state index contributed by atoms with van der Waals surface area (Å²) in [5.74, 6) is 1.19. The highest BCUT2D eigenvalue weighted by Gasteiger charge is 2.20. The van der Waals surface area contributed by atoms with Gasteiger partial charge in [-0.2, -0.15) is 0 Å². The van der Waals surface area contributed by atoms with Gasteiger partial charge < -0.3 is 14.6 Å². The molecule has 0 aliphatic carbocycles. The van der Waals surface area contributed by atoms with E-state index < -0.39 is 0 Å². The van der Waals surface area contributed by atoms with Crippen molar-refractivity contribution >= 4 is 29.3 Å². The summed E-state index contributed by atoms with van der Waals surface area (Å²) >= 11 is 1.30. The first kappa shape index (κ1) is 22.9. The molecule has 2 amide bonds. The number of hydrogen-bond donors (Lipinski definition) is 1. The Hall–Kier alpha value is -3.85. The van der Waals surface area contributed by atoms with Crippen LogP contribution < -0.4 is 5.32 Å². The van der Waals surface area contributed by atoms with Crippen LogP contribution in [0.25, 0.3) is 11.6 Å². The normalized spacial score (nSPS) is 13.2. The monoisotopic (exact) mass is 487 g/mol. The molecule has 1 N–H and O–H groups in total. The molecule has 0 atom stereocenters. The molecule has 4 aromatic rings. The molecule has 178 valence electrons.